The molecule has 1 aromatic heterocycles. The molecule has 1 aliphatic heterocycles. The first-order chi connectivity index (χ1) is 22.3. The number of para-hydroxylation sites is 1. The maximum atomic E-state index is 6.77. The minimum atomic E-state index is 0.570. The van der Waals surface area contributed by atoms with E-state index in [9.17, 15) is 0 Å². The van der Waals surface area contributed by atoms with Crippen LogP contribution in [0.4, 0.5) is 0 Å². The maximum Gasteiger partial charge on any atom is 0.167 e. The molecule has 9 rings (SSSR count). The molecule has 0 saturated heterocycles. The summed E-state index contributed by atoms with van der Waals surface area (Å²) < 4.78 is 6.77. The number of rotatable bonds is 4. The summed E-state index contributed by atoms with van der Waals surface area (Å²) in [5.74, 6) is 3.38. The van der Waals surface area contributed by atoms with Gasteiger partial charge in [-0.25, -0.2) is 15.0 Å². The number of hydrogen-bond donors (Lipinski definition) is 0. The molecule has 0 aliphatic carbocycles. The predicted molar refractivity (Wildman–Crippen MR) is 182 cm³/mol. The molecule has 45 heavy (non-hydrogen) atoms. The zero-order chi connectivity index (χ0) is 29.7. The summed E-state index contributed by atoms with van der Waals surface area (Å²) in [5, 5.41) is 4.59. The average molecular weight is 576 g/mol. The highest BCUT2D eigenvalue weighted by Crippen LogP contribution is 2.51. The van der Waals surface area contributed by atoms with Crippen LogP contribution in [-0.4, -0.2) is 15.0 Å². The fourth-order valence-corrected chi connectivity index (χ4v) is 6.37. The van der Waals surface area contributed by atoms with Crippen LogP contribution in [-0.2, 0) is 0 Å². The second kappa shape index (κ2) is 10.2. The van der Waals surface area contributed by atoms with Crippen LogP contribution in [0.5, 0.6) is 11.5 Å². The summed E-state index contributed by atoms with van der Waals surface area (Å²) in [6.45, 7) is 0. The third-order valence-electron chi connectivity index (χ3n) is 8.52. The first-order valence-electron chi connectivity index (χ1n) is 15.0. The van der Waals surface area contributed by atoms with E-state index >= 15 is 0 Å². The molecule has 0 spiro atoms. The molecule has 0 fully saturated rings. The van der Waals surface area contributed by atoms with E-state index in [0.717, 1.165) is 55.5 Å². The molecule has 0 bridgehead atoms. The summed E-state index contributed by atoms with van der Waals surface area (Å²) in [6, 6.07) is 52.2. The smallest absolute Gasteiger partial charge is 0.167 e. The van der Waals surface area contributed by atoms with Gasteiger partial charge in [0, 0.05) is 22.1 Å². The van der Waals surface area contributed by atoms with E-state index in [0.29, 0.717) is 17.5 Å². The largest absolute Gasteiger partial charge is 0.455 e. The Hall–Kier alpha value is -6.13. The van der Waals surface area contributed by atoms with E-state index in [1.165, 1.54) is 16.5 Å². The van der Waals surface area contributed by atoms with Crippen LogP contribution >= 0.6 is 0 Å². The number of aromatic nitrogens is 3. The molecule has 0 unspecified atom stereocenters. The summed E-state index contributed by atoms with van der Waals surface area (Å²) in [4.78, 5) is 15.1. The van der Waals surface area contributed by atoms with Gasteiger partial charge in [-0.05, 0) is 51.0 Å². The Labute approximate surface area is 260 Å². The molecule has 0 atom stereocenters. The van der Waals surface area contributed by atoms with Gasteiger partial charge in [0.2, 0.25) is 0 Å². The molecule has 0 radical (unpaired) electrons. The standard InChI is InChI=1S/C41H25N3O/c1-3-12-27(13-4-1)31-23-24-36-37-32(31)17-9-18-33(37)34-19-10-20-35(38(34)45-36)41-43-39(28-14-5-2-6-15-28)42-40(44-41)30-22-21-26-11-7-8-16-29(26)25-30/h1-25H. The SMILES string of the molecule is c1ccc(-c2nc(-c3ccc4ccccc4c3)nc(-c3cccc4c3Oc3ccc(-c5ccccc5)c5cccc-4c35)n2)cc1. The highest BCUT2D eigenvalue weighted by molar-refractivity contribution is 6.10. The first-order valence-corrected chi connectivity index (χ1v) is 15.0. The molecule has 8 aromatic rings. The van der Waals surface area contributed by atoms with Crippen LogP contribution in [0.2, 0.25) is 0 Å². The molecular formula is C41H25N3O. The van der Waals surface area contributed by atoms with Crippen molar-refractivity contribution in [3.63, 3.8) is 0 Å². The molecular weight excluding hydrogens is 550 g/mol. The minimum absolute atomic E-state index is 0.570. The lowest BCUT2D eigenvalue weighted by molar-refractivity contribution is 0.488. The lowest BCUT2D eigenvalue weighted by Crippen LogP contribution is -2.03. The Balaban J connectivity index is 1.25. The van der Waals surface area contributed by atoms with E-state index in [1.54, 1.807) is 0 Å². The monoisotopic (exact) mass is 575 g/mol. The minimum Gasteiger partial charge on any atom is -0.455 e. The zero-order valence-corrected chi connectivity index (χ0v) is 24.2. The Morgan fingerprint density at radius 1 is 0.378 bits per heavy atom. The molecule has 210 valence electrons. The van der Waals surface area contributed by atoms with Gasteiger partial charge < -0.3 is 4.74 Å². The third kappa shape index (κ3) is 4.27. The molecule has 0 N–H and O–H groups in total. The van der Waals surface area contributed by atoms with Gasteiger partial charge in [-0.1, -0.05) is 133 Å². The van der Waals surface area contributed by atoms with Gasteiger partial charge in [-0.3, -0.25) is 0 Å². The topological polar surface area (TPSA) is 47.9 Å². The number of fused-ring (bicyclic) bond motifs is 3. The Morgan fingerprint density at radius 3 is 1.84 bits per heavy atom. The summed E-state index contributed by atoms with van der Waals surface area (Å²) in [6.07, 6.45) is 0. The second-order valence-electron chi connectivity index (χ2n) is 11.2. The molecule has 1 aliphatic rings. The van der Waals surface area contributed by atoms with Crippen molar-refractivity contribution in [3.8, 4) is 67.9 Å². The average Bonchev–Trinajstić information content (AvgIpc) is 3.12. The summed E-state index contributed by atoms with van der Waals surface area (Å²) >= 11 is 0. The number of nitrogens with zero attached hydrogens (tertiary/aromatic N) is 3. The highest BCUT2D eigenvalue weighted by atomic mass is 16.5. The normalized spacial score (nSPS) is 11.7. The van der Waals surface area contributed by atoms with Crippen LogP contribution in [0.3, 0.4) is 0 Å². The Bertz CT molecular complexity index is 2400. The first kappa shape index (κ1) is 25.4. The molecule has 4 heteroatoms. The van der Waals surface area contributed by atoms with Gasteiger partial charge >= 0.3 is 0 Å². The van der Waals surface area contributed by atoms with Crippen LogP contribution in [0, 0.1) is 0 Å². The molecule has 4 nitrogen and oxygen atoms in total. The van der Waals surface area contributed by atoms with Crippen molar-refractivity contribution in [2.75, 3.05) is 0 Å². The lowest BCUT2D eigenvalue weighted by atomic mass is 9.89. The summed E-state index contributed by atoms with van der Waals surface area (Å²) in [7, 11) is 0. The van der Waals surface area contributed by atoms with Crippen molar-refractivity contribution < 1.29 is 4.74 Å². The molecule has 2 heterocycles. The van der Waals surface area contributed by atoms with Crippen LogP contribution in [0.1, 0.15) is 0 Å². The van der Waals surface area contributed by atoms with E-state index in [1.807, 2.05) is 42.5 Å². The second-order valence-corrected chi connectivity index (χ2v) is 11.2. The van der Waals surface area contributed by atoms with Gasteiger partial charge in [0.05, 0.1) is 5.56 Å². The highest BCUT2D eigenvalue weighted by Gasteiger charge is 2.26. The van der Waals surface area contributed by atoms with E-state index in [2.05, 4.69) is 109 Å². The molecule has 0 amide bonds. The van der Waals surface area contributed by atoms with Crippen molar-refractivity contribution in [2.45, 2.75) is 0 Å². The molecule has 0 saturated carbocycles. The Kier molecular flexibility index (Phi) is 5.78. The number of hydrogen-bond acceptors (Lipinski definition) is 4. The van der Waals surface area contributed by atoms with E-state index in [4.69, 9.17) is 19.7 Å². The van der Waals surface area contributed by atoms with Crippen LogP contribution in [0.15, 0.2) is 152 Å². The fourth-order valence-electron chi connectivity index (χ4n) is 6.37. The lowest BCUT2D eigenvalue weighted by Gasteiger charge is -2.24. The summed E-state index contributed by atoms with van der Waals surface area (Å²) in [5.41, 5.74) is 7.20. The maximum absolute atomic E-state index is 6.77. The quantitative estimate of drug-likeness (QED) is 0.209. The Morgan fingerprint density at radius 2 is 1.02 bits per heavy atom. The third-order valence-corrected chi connectivity index (χ3v) is 8.52. The van der Waals surface area contributed by atoms with E-state index < -0.39 is 0 Å². The van der Waals surface area contributed by atoms with Gasteiger partial charge in [0.1, 0.15) is 11.5 Å². The zero-order valence-electron chi connectivity index (χ0n) is 24.2. The van der Waals surface area contributed by atoms with Crippen LogP contribution in [0.25, 0.3) is 78.0 Å². The van der Waals surface area contributed by atoms with Crippen molar-refractivity contribution in [1.82, 2.24) is 15.0 Å². The fraction of sp³-hybridized carbons (Fsp3) is 0. The molecule has 7 aromatic carbocycles. The van der Waals surface area contributed by atoms with Gasteiger partial charge in [0.15, 0.2) is 17.5 Å². The van der Waals surface area contributed by atoms with Crippen molar-refractivity contribution >= 4 is 21.5 Å². The van der Waals surface area contributed by atoms with Crippen molar-refractivity contribution in [1.29, 1.82) is 0 Å². The predicted octanol–water partition coefficient (Wildman–Crippen LogP) is 10.6. The van der Waals surface area contributed by atoms with Crippen LogP contribution < -0.4 is 4.74 Å². The van der Waals surface area contributed by atoms with Gasteiger partial charge in [-0.15, -0.1) is 0 Å². The van der Waals surface area contributed by atoms with Crippen molar-refractivity contribution in [2.24, 2.45) is 0 Å². The van der Waals surface area contributed by atoms with E-state index in [-0.39, 0.29) is 0 Å². The van der Waals surface area contributed by atoms with Crippen molar-refractivity contribution in [3.05, 3.63) is 152 Å². The number of ether oxygens (including phenoxy) is 1. The van der Waals surface area contributed by atoms with Gasteiger partial charge in [-0.2, -0.15) is 0 Å². The number of benzene rings is 7. The van der Waals surface area contributed by atoms with Gasteiger partial charge in [0.25, 0.3) is 0 Å².